The monoisotopic (exact) mass is 529 g/mol. The van der Waals surface area contributed by atoms with Crippen LogP contribution < -0.4 is 10.2 Å². The quantitative estimate of drug-likeness (QED) is 0.298. The zero-order chi connectivity index (χ0) is 28.3. The fourth-order valence-corrected chi connectivity index (χ4v) is 4.35. The van der Waals surface area contributed by atoms with Crippen molar-refractivity contribution in [1.29, 1.82) is 0 Å². The summed E-state index contributed by atoms with van der Waals surface area (Å²) >= 11 is 0. The molecular formula is C29H27N3O7. The fourth-order valence-electron chi connectivity index (χ4n) is 4.35. The van der Waals surface area contributed by atoms with Crippen molar-refractivity contribution in [2.75, 3.05) is 30.5 Å². The van der Waals surface area contributed by atoms with E-state index in [2.05, 4.69) is 5.32 Å². The van der Waals surface area contributed by atoms with Crippen LogP contribution in [-0.4, -0.2) is 59.2 Å². The number of hydroxylamine groups is 2. The average molecular weight is 530 g/mol. The maximum atomic E-state index is 13.7. The highest BCUT2D eigenvalue weighted by Gasteiger charge is 2.38. The Morgan fingerprint density at radius 1 is 1.00 bits per heavy atom. The molecule has 0 unspecified atom stereocenters. The van der Waals surface area contributed by atoms with Crippen LogP contribution in [0.3, 0.4) is 0 Å². The molecule has 0 aromatic heterocycles. The number of hydrogen-bond acceptors (Lipinski definition) is 7. The maximum absolute atomic E-state index is 13.7. The van der Waals surface area contributed by atoms with Gasteiger partial charge in [-0.05, 0) is 54.4 Å². The van der Waals surface area contributed by atoms with Crippen molar-refractivity contribution in [3.63, 3.8) is 0 Å². The number of imide groups is 1. The number of carboxylic acids is 1. The minimum Gasteiger partial charge on any atom is -0.478 e. The number of anilines is 2. The van der Waals surface area contributed by atoms with Crippen LogP contribution in [0.2, 0.25) is 0 Å². The zero-order valence-electron chi connectivity index (χ0n) is 21.6. The summed E-state index contributed by atoms with van der Waals surface area (Å²) in [4.78, 5) is 56.7. The molecule has 0 fully saturated rings. The Bertz CT molecular complexity index is 1480. The summed E-state index contributed by atoms with van der Waals surface area (Å²) in [5.41, 5.74) is 3.26. The molecule has 0 aliphatic carbocycles. The molecule has 3 N–H and O–H groups in total. The zero-order valence-corrected chi connectivity index (χ0v) is 21.6. The molecule has 0 atom stereocenters. The van der Waals surface area contributed by atoms with Gasteiger partial charge in [-0.15, -0.1) is 0 Å². The highest BCUT2D eigenvalue weighted by atomic mass is 16.7. The van der Waals surface area contributed by atoms with Gasteiger partial charge in [-0.3, -0.25) is 19.2 Å². The molecule has 10 nitrogen and oxygen atoms in total. The third-order valence-corrected chi connectivity index (χ3v) is 6.19. The average Bonchev–Trinajstić information content (AvgIpc) is 3.20. The Hall–Kier alpha value is -4.80. The number of hydrogen-bond donors (Lipinski definition) is 3. The number of carboxylic acid groups (broad SMARTS) is 1. The van der Waals surface area contributed by atoms with Gasteiger partial charge in [0.1, 0.15) is 0 Å². The molecule has 1 heterocycles. The van der Waals surface area contributed by atoms with Crippen LogP contribution in [0.15, 0.2) is 66.7 Å². The second-order valence-corrected chi connectivity index (χ2v) is 8.83. The summed E-state index contributed by atoms with van der Waals surface area (Å²) in [6.45, 7) is 2.64. The van der Waals surface area contributed by atoms with Gasteiger partial charge in [0.05, 0.1) is 35.7 Å². The number of benzene rings is 3. The Labute approximate surface area is 224 Å². The number of nitrogens with one attached hydrogen (secondary N) is 1. The Balaban J connectivity index is 1.82. The first kappa shape index (κ1) is 27.2. The summed E-state index contributed by atoms with van der Waals surface area (Å²) in [6.07, 6.45) is 0. The van der Waals surface area contributed by atoms with Crippen LogP contribution in [0.25, 0.3) is 11.3 Å². The lowest BCUT2D eigenvalue weighted by Gasteiger charge is -2.17. The smallest absolute Gasteiger partial charge is 0.336 e. The van der Waals surface area contributed by atoms with Gasteiger partial charge >= 0.3 is 5.97 Å². The highest BCUT2D eigenvalue weighted by molar-refractivity contribution is 6.44. The minimum atomic E-state index is -1.16. The topological polar surface area (TPSA) is 136 Å². The number of aryl methyl sites for hydroxylation is 1. The van der Waals surface area contributed by atoms with E-state index in [9.17, 15) is 24.3 Å². The molecule has 0 radical (unpaired) electrons. The summed E-state index contributed by atoms with van der Waals surface area (Å²) in [6, 6.07) is 18.5. The minimum absolute atomic E-state index is 0.00328. The highest BCUT2D eigenvalue weighted by Crippen LogP contribution is 2.42. The largest absolute Gasteiger partial charge is 0.478 e. The third-order valence-electron chi connectivity index (χ3n) is 6.19. The number of carbonyl (C=O) groups excluding carboxylic acids is 3. The predicted octanol–water partition coefficient (Wildman–Crippen LogP) is 3.56. The van der Waals surface area contributed by atoms with Crippen molar-refractivity contribution in [2.24, 2.45) is 0 Å². The standard InChI is InChI=1S/C29H27N3O7/c1-17-15-23-24(16-22(17)29(37)38)32(18(2)34)28(36)25(23)26(19-7-5-4-6-8-19)30-21-11-9-20(10-12-21)27(35)31(3)39-14-13-33/h4-12,15-16,30,33H,13-14H2,1-3H3,(H,37,38)/b26-25+. The van der Waals surface area contributed by atoms with Gasteiger partial charge in [0.15, 0.2) is 0 Å². The second-order valence-electron chi connectivity index (χ2n) is 8.83. The first-order valence-electron chi connectivity index (χ1n) is 12.1. The van der Waals surface area contributed by atoms with Crippen LogP contribution in [0.1, 0.15) is 44.3 Å². The Morgan fingerprint density at radius 2 is 1.67 bits per heavy atom. The fraction of sp³-hybridized carbons (Fsp3) is 0.172. The number of aliphatic hydroxyl groups excluding tert-OH is 1. The van der Waals surface area contributed by atoms with Crippen molar-refractivity contribution < 1.29 is 34.2 Å². The molecule has 3 amide bonds. The van der Waals surface area contributed by atoms with Crippen molar-refractivity contribution in [1.82, 2.24) is 5.06 Å². The molecule has 4 rings (SSSR count). The predicted molar refractivity (Wildman–Crippen MR) is 145 cm³/mol. The molecule has 0 saturated carbocycles. The molecule has 10 heteroatoms. The lowest BCUT2D eigenvalue weighted by molar-refractivity contribution is -0.122. The lowest BCUT2D eigenvalue weighted by Crippen LogP contribution is -2.31. The van der Waals surface area contributed by atoms with Gasteiger partial charge in [0.25, 0.3) is 11.8 Å². The lowest BCUT2D eigenvalue weighted by atomic mass is 9.96. The number of nitrogens with zero attached hydrogens (tertiary/aromatic N) is 2. The second kappa shape index (κ2) is 11.3. The maximum Gasteiger partial charge on any atom is 0.336 e. The van der Waals surface area contributed by atoms with Crippen molar-refractivity contribution in [2.45, 2.75) is 13.8 Å². The molecule has 3 aromatic carbocycles. The summed E-state index contributed by atoms with van der Waals surface area (Å²) < 4.78 is 0. The number of amides is 3. The van der Waals surface area contributed by atoms with Gasteiger partial charge < -0.3 is 15.5 Å². The van der Waals surface area contributed by atoms with Gasteiger partial charge in [-0.2, -0.15) is 0 Å². The number of carbonyl (C=O) groups is 4. The van der Waals surface area contributed by atoms with E-state index in [1.54, 1.807) is 37.3 Å². The molecular weight excluding hydrogens is 502 g/mol. The summed E-state index contributed by atoms with van der Waals surface area (Å²) in [5.74, 6) is -2.69. The number of aromatic carboxylic acids is 1. The summed E-state index contributed by atoms with van der Waals surface area (Å²) in [5, 5.41) is 22.8. The van der Waals surface area contributed by atoms with Crippen LogP contribution in [0, 0.1) is 6.92 Å². The van der Waals surface area contributed by atoms with E-state index in [1.807, 2.05) is 30.3 Å². The Kier molecular flexibility index (Phi) is 7.89. The number of rotatable bonds is 8. The SMILES string of the molecule is CC(=O)N1C(=O)/C(=C(/Nc2ccc(C(=O)N(C)OCCO)cc2)c2ccccc2)c2cc(C)c(C(=O)O)cc21. The summed E-state index contributed by atoms with van der Waals surface area (Å²) in [7, 11) is 1.45. The normalized spacial score (nSPS) is 13.6. The van der Waals surface area contributed by atoms with Crippen LogP contribution >= 0.6 is 0 Å². The van der Waals surface area contributed by atoms with Crippen molar-refractivity contribution in [3.05, 3.63) is 94.5 Å². The van der Waals surface area contributed by atoms with E-state index in [4.69, 9.17) is 9.94 Å². The first-order chi connectivity index (χ1) is 18.6. The number of fused-ring (bicyclic) bond motifs is 1. The van der Waals surface area contributed by atoms with E-state index in [1.165, 1.54) is 20.0 Å². The van der Waals surface area contributed by atoms with Crippen LogP contribution in [0.4, 0.5) is 11.4 Å². The first-order valence-corrected chi connectivity index (χ1v) is 12.1. The van der Waals surface area contributed by atoms with E-state index in [0.29, 0.717) is 33.6 Å². The van der Waals surface area contributed by atoms with E-state index in [0.717, 1.165) is 9.96 Å². The molecule has 3 aromatic rings. The molecule has 0 spiro atoms. The molecule has 0 bridgehead atoms. The molecule has 1 aliphatic heterocycles. The van der Waals surface area contributed by atoms with Crippen molar-refractivity contribution >= 4 is 46.3 Å². The van der Waals surface area contributed by atoms with Gasteiger partial charge in [-0.1, -0.05) is 30.3 Å². The van der Waals surface area contributed by atoms with Crippen LogP contribution in [0.5, 0.6) is 0 Å². The van der Waals surface area contributed by atoms with Gasteiger partial charge in [-0.25, -0.2) is 14.8 Å². The van der Waals surface area contributed by atoms with E-state index in [-0.39, 0.29) is 30.0 Å². The Morgan fingerprint density at radius 3 is 2.26 bits per heavy atom. The molecule has 0 saturated heterocycles. The van der Waals surface area contributed by atoms with Crippen molar-refractivity contribution in [3.8, 4) is 0 Å². The van der Waals surface area contributed by atoms with Crippen LogP contribution in [-0.2, 0) is 14.4 Å². The van der Waals surface area contributed by atoms with E-state index < -0.39 is 23.7 Å². The van der Waals surface area contributed by atoms with Gasteiger partial charge in [0.2, 0.25) is 5.91 Å². The van der Waals surface area contributed by atoms with Gasteiger partial charge in [0, 0.05) is 30.8 Å². The molecule has 200 valence electrons. The molecule has 39 heavy (non-hydrogen) atoms. The van der Waals surface area contributed by atoms with E-state index >= 15 is 0 Å². The molecule has 1 aliphatic rings. The number of aliphatic hydroxyl groups is 1. The third kappa shape index (κ3) is 5.42.